The first-order valence-corrected chi connectivity index (χ1v) is 11.8. The van der Waals surface area contributed by atoms with Crippen LogP contribution in [0.25, 0.3) is 10.8 Å². The monoisotopic (exact) mass is 462 g/mol. The summed E-state index contributed by atoms with van der Waals surface area (Å²) in [6, 6.07) is 17.0. The molecule has 0 radical (unpaired) electrons. The van der Waals surface area contributed by atoms with E-state index in [4.69, 9.17) is 9.11 Å². The van der Waals surface area contributed by atoms with Crippen LogP contribution in [0, 0.1) is 0 Å². The molecule has 0 spiro atoms. The zero-order valence-corrected chi connectivity index (χ0v) is 17.8. The van der Waals surface area contributed by atoms with Crippen LogP contribution >= 0.6 is 0 Å². The first-order chi connectivity index (χ1) is 14.5. The Morgan fingerprint density at radius 2 is 1.26 bits per heavy atom. The summed E-state index contributed by atoms with van der Waals surface area (Å²) in [5.74, 6) is 0.0451. The minimum Gasteiger partial charge on any atom is -0.282 e. The van der Waals surface area contributed by atoms with Crippen LogP contribution in [-0.4, -0.2) is 37.6 Å². The summed E-state index contributed by atoms with van der Waals surface area (Å²) in [5, 5.41) is 5.64. The van der Waals surface area contributed by atoms with Gasteiger partial charge in [0.25, 0.3) is 26.1 Å². The fourth-order valence-electron chi connectivity index (χ4n) is 3.03. The Balaban J connectivity index is 0.000000185. The quantitative estimate of drug-likeness (QED) is 0.570. The third-order valence-electron chi connectivity index (χ3n) is 4.31. The van der Waals surface area contributed by atoms with Crippen molar-refractivity contribution in [1.29, 1.82) is 0 Å². The Kier molecular flexibility index (Phi) is 6.23. The van der Waals surface area contributed by atoms with Gasteiger partial charge in [-0.3, -0.25) is 13.9 Å². The van der Waals surface area contributed by atoms with Crippen LogP contribution in [0.3, 0.4) is 0 Å². The molecule has 2 N–H and O–H groups in total. The topological polar surface area (TPSA) is 141 Å². The van der Waals surface area contributed by atoms with E-state index in [-0.39, 0.29) is 16.7 Å². The predicted octanol–water partition coefficient (Wildman–Crippen LogP) is 3.13. The lowest BCUT2D eigenvalue weighted by Gasteiger charge is -2.10. The number of amides is 1. The van der Waals surface area contributed by atoms with Crippen molar-refractivity contribution in [2.45, 2.75) is 23.1 Å². The number of nitrogens with zero attached hydrogens (tertiary/aromatic N) is 2. The lowest BCUT2D eigenvalue weighted by atomic mass is 10.1. The van der Waals surface area contributed by atoms with E-state index >= 15 is 0 Å². The number of rotatable bonds is 3. The maximum atomic E-state index is 11.4. The lowest BCUT2D eigenvalue weighted by molar-refractivity contribution is -0.116. The predicted molar refractivity (Wildman–Crippen MR) is 115 cm³/mol. The molecule has 1 amide bonds. The van der Waals surface area contributed by atoms with E-state index < -0.39 is 30.0 Å². The van der Waals surface area contributed by atoms with Crippen molar-refractivity contribution in [3.8, 4) is 0 Å². The second-order valence-electron chi connectivity index (χ2n) is 6.61. The van der Waals surface area contributed by atoms with Crippen LogP contribution in [-0.2, 0) is 25.0 Å². The molecule has 1 aliphatic rings. The molecule has 3 aromatic rings. The number of carbonyl (C=O) groups is 1. The van der Waals surface area contributed by atoms with Crippen LogP contribution in [0.15, 0.2) is 81.6 Å². The molecule has 0 saturated carbocycles. The summed E-state index contributed by atoms with van der Waals surface area (Å²) in [6.45, 7) is 1.86. The van der Waals surface area contributed by atoms with Gasteiger partial charge in [0.1, 0.15) is 9.79 Å². The molecule has 1 heterocycles. The van der Waals surface area contributed by atoms with Crippen molar-refractivity contribution >= 4 is 48.3 Å². The molecule has 31 heavy (non-hydrogen) atoms. The Hall–Kier alpha value is -3.12. The smallest absolute Gasteiger partial charge is 0.282 e. The molecule has 0 unspecified atom stereocenters. The van der Waals surface area contributed by atoms with Gasteiger partial charge in [0.2, 0.25) is 0 Å². The molecule has 0 bridgehead atoms. The normalized spacial score (nSPS) is 14.2. The highest BCUT2D eigenvalue weighted by Crippen LogP contribution is 2.28. The van der Waals surface area contributed by atoms with Crippen LogP contribution in [0.1, 0.15) is 13.3 Å². The molecule has 11 heteroatoms. The van der Waals surface area contributed by atoms with Crippen molar-refractivity contribution in [2.24, 2.45) is 5.10 Å². The first-order valence-electron chi connectivity index (χ1n) is 8.87. The second kappa shape index (κ2) is 8.55. The van der Waals surface area contributed by atoms with Crippen LogP contribution < -0.4 is 5.01 Å². The molecular weight excluding hydrogens is 444 g/mol. The molecule has 0 aromatic heterocycles. The van der Waals surface area contributed by atoms with Gasteiger partial charge in [0, 0.05) is 16.5 Å². The number of hydrazone groups is 1. The molecule has 0 atom stereocenters. The molecule has 4 rings (SSSR count). The van der Waals surface area contributed by atoms with E-state index in [9.17, 15) is 21.6 Å². The highest BCUT2D eigenvalue weighted by Gasteiger charge is 2.22. The standard InChI is InChI=1S/C10H10N2O.C10H8O6S2/c1-8-7-10(13)12(11-8)9-5-3-2-4-6-9;11-17(12,13)9-5-1-3-7-8(9)4-2-6-10(7)18(14,15)16/h2-6H,7H2,1H3;1-6H,(H,11,12,13)(H,14,15,16). The summed E-state index contributed by atoms with van der Waals surface area (Å²) < 4.78 is 62.7. The van der Waals surface area contributed by atoms with Crippen molar-refractivity contribution in [3.63, 3.8) is 0 Å². The van der Waals surface area contributed by atoms with Gasteiger partial charge in [-0.05, 0) is 31.2 Å². The van der Waals surface area contributed by atoms with Gasteiger partial charge in [-0.2, -0.15) is 21.9 Å². The number of para-hydroxylation sites is 1. The zero-order chi connectivity index (χ0) is 22.8. The number of hydrogen-bond acceptors (Lipinski definition) is 6. The van der Waals surface area contributed by atoms with E-state index in [1.165, 1.54) is 29.3 Å². The summed E-state index contributed by atoms with van der Waals surface area (Å²) >= 11 is 0. The maximum Gasteiger partial charge on any atom is 0.295 e. The Morgan fingerprint density at radius 1 is 0.774 bits per heavy atom. The second-order valence-corrected chi connectivity index (χ2v) is 9.39. The van der Waals surface area contributed by atoms with E-state index in [0.717, 1.165) is 23.5 Å². The average Bonchev–Trinajstić information content (AvgIpc) is 3.05. The minimum atomic E-state index is -4.47. The van der Waals surface area contributed by atoms with Gasteiger partial charge in [-0.1, -0.05) is 42.5 Å². The number of fused-ring (bicyclic) bond motifs is 1. The van der Waals surface area contributed by atoms with E-state index in [2.05, 4.69) is 5.10 Å². The Bertz CT molecular complexity index is 1310. The lowest BCUT2D eigenvalue weighted by Crippen LogP contribution is -2.19. The summed E-state index contributed by atoms with van der Waals surface area (Å²) in [4.78, 5) is 10.6. The molecule has 0 saturated heterocycles. The Morgan fingerprint density at radius 3 is 1.65 bits per heavy atom. The number of anilines is 1. The zero-order valence-electron chi connectivity index (χ0n) is 16.2. The average molecular weight is 463 g/mol. The van der Waals surface area contributed by atoms with E-state index in [0.29, 0.717) is 6.42 Å². The number of hydrogen-bond donors (Lipinski definition) is 2. The summed E-state index contributed by atoms with van der Waals surface area (Å²) in [5.41, 5.74) is 1.71. The SMILES string of the molecule is CC1=NN(c2ccccc2)C(=O)C1.O=S(=O)(O)c1cccc2c(S(=O)(=O)O)cccc12. The number of carbonyl (C=O) groups excluding carboxylic acids is 1. The fourth-order valence-corrected chi connectivity index (χ4v) is 4.44. The van der Waals surface area contributed by atoms with Crippen molar-refractivity contribution in [2.75, 3.05) is 5.01 Å². The molecular formula is C20H18N2O7S2. The van der Waals surface area contributed by atoms with Gasteiger partial charge in [-0.25, -0.2) is 5.01 Å². The highest BCUT2D eigenvalue weighted by atomic mass is 32.2. The van der Waals surface area contributed by atoms with Gasteiger partial charge in [0.15, 0.2) is 0 Å². The summed E-state index contributed by atoms with van der Waals surface area (Å²) in [6.07, 6.45) is 0.439. The van der Waals surface area contributed by atoms with Crippen molar-refractivity contribution in [3.05, 3.63) is 66.7 Å². The Labute approximate surface area is 179 Å². The van der Waals surface area contributed by atoms with Crippen LogP contribution in [0.5, 0.6) is 0 Å². The first kappa shape index (κ1) is 22.6. The van der Waals surface area contributed by atoms with Gasteiger partial charge >= 0.3 is 0 Å². The fraction of sp³-hybridized carbons (Fsp3) is 0.100. The molecule has 3 aromatic carbocycles. The summed E-state index contributed by atoms with van der Waals surface area (Å²) in [7, 11) is -8.94. The van der Waals surface area contributed by atoms with Gasteiger partial charge in [0.05, 0.1) is 12.1 Å². The third-order valence-corrected chi connectivity index (χ3v) is 6.14. The minimum absolute atomic E-state index is 0.0233. The largest absolute Gasteiger partial charge is 0.295 e. The van der Waals surface area contributed by atoms with Crippen LogP contribution in [0.2, 0.25) is 0 Å². The van der Waals surface area contributed by atoms with Crippen molar-refractivity contribution < 1.29 is 30.7 Å². The van der Waals surface area contributed by atoms with Crippen LogP contribution in [0.4, 0.5) is 5.69 Å². The maximum absolute atomic E-state index is 11.4. The van der Waals surface area contributed by atoms with E-state index in [1.807, 2.05) is 37.3 Å². The molecule has 9 nitrogen and oxygen atoms in total. The molecule has 162 valence electrons. The highest BCUT2D eigenvalue weighted by molar-refractivity contribution is 7.86. The van der Waals surface area contributed by atoms with Crippen molar-refractivity contribution in [1.82, 2.24) is 0 Å². The number of benzene rings is 3. The van der Waals surface area contributed by atoms with Gasteiger partial charge < -0.3 is 0 Å². The third kappa shape index (κ3) is 5.14. The molecule has 0 aliphatic carbocycles. The van der Waals surface area contributed by atoms with E-state index in [1.54, 1.807) is 0 Å². The molecule has 1 aliphatic heterocycles. The molecule has 0 fully saturated rings. The van der Waals surface area contributed by atoms with Gasteiger partial charge in [-0.15, -0.1) is 0 Å².